The van der Waals surface area contributed by atoms with Crippen LogP contribution >= 0.6 is 0 Å². The van der Waals surface area contributed by atoms with Crippen molar-refractivity contribution in [3.63, 3.8) is 0 Å². The van der Waals surface area contributed by atoms with Crippen molar-refractivity contribution in [3.8, 4) is 0 Å². The maximum Gasteiger partial charge on any atom is 0.315 e. The lowest BCUT2D eigenvalue weighted by Crippen LogP contribution is -2.29. The molecule has 1 rings (SSSR count). The number of carboxylic acids is 1. The van der Waals surface area contributed by atoms with Gasteiger partial charge in [-0.15, -0.1) is 0 Å². The minimum Gasteiger partial charge on any atom is -0.481 e. The molecular formula is C10H16N2O3. The van der Waals surface area contributed by atoms with Crippen LogP contribution in [-0.2, 0) is 4.79 Å². The molecule has 2 amide bonds. The number of urea groups is 1. The third-order valence-corrected chi connectivity index (χ3v) is 2.36. The Hall–Kier alpha value is -1.52. The topological polar surface area (TPSA) is 78.4 Å². The summed E-state index contributed by atoms with van der Waals surface area (Å²) in [5.74, 6) is -0.788. The summed E-state index contributed by atoms with van der Waals surface area (Å²) >= 11 is 0. The van der Waals surface area contributed by atoms with Crippen molar-refractivity contribution in [2.45, 2.75) is 38.3 Å². The minimum absolute atomic E-state index is 0.110. The standard InChI is InChI=1S/C10H16N2O3/c1-7-8(12-10(15)11-7)5-3-2-4-6-9(13)14/h2-3,7-8H,4-6H2,1H3,(H,13,14)(H2,11,12,15)/b3-2+/t7-,8+/m0/s1. The van der Waals surface area contributed by atoms with Gasteiger partial charge in [0.25, 0.3) is 0 Å². The van der Waals surface area contributed by atoms with Crippen LogP contribution in [0.15, 0.2) is 12.2 Å². The first-order valence-corrected chi connectivity index (χ1v) is 5.03. The lowest BCUT2D eigenvalue weighted by atomic mass is 10.1. The van der Waals surface area contributed by atoms with Crippen LogP contribution in [0.5, 0.6) is 0 Å². The molecule has 1 heterocycles. The van der Waals surface area contributed by atoms with Crippen molar-refractivity contribution in [1.82, 2.24) is 10.6 Å². The maximum absolute atomic E-state index is 10.9. The molecule has 3 N–H and O–H groups in total. The van der Waals surface area contributed by atoms with Crippen molar-refractivity contribution in [3.05, 3.63) is 12.2 Å². The van der Waals surface area contributed by atoms with E-state index in [9.17, 15) is 9.59 Å². The van der Waals surface area contributed by atoms with Crippen LogP contribution in [0.25, 0.3) is 0 Å². The Kier molecular flexibility index (Phi) is 4.15. The normalized spacial score (nSPS) is 25.3. The summed E-state index contributed by atoms with van der Waals surface area (Å²) in [6, 6.07) is 0.103. The molecule has 84 valence electrons. The first kappa shape index (κ1) is 11.6. The van der Waals surface area contributed by atoms with E-state index in [-0.39, 0.29) is 24.5 Å². The molecule has 2 atom stereocenters. The molecule has 0 spiro atoms. The molecule has 0 aromatic rings. The number of carboxylic acid groups (broad SMARTS) is 1. The second-order valence-electron chi connectivity index (χ2n) is 3.65. The highest BCUT2D eigenvalue weighted by Crippen LogP contribution is 2.06. The zero-order chi connectivity index (χ0) is 11.3. The van der Waals surface area contributed by atoms with Gasteiger partial charge in [0.1, 0.15) is 0 Å². The van der Waals surface area contributed by atoms with Crippen molar-refractivity contribution in [2.75, 3.05) is 0 Å². The molecule has 0 saturated carbocycles. The van der Waals surface area contributed by atoms with E-state index in [0.29, 0.717) is 6.42 Å². The Labute approximate surface area is 88.5 Å². The Balaban J connectivity index is 2.19. The zero-order valence-electron chi connectivity index (χ0n) is 8.69. The Morgan fingerprint density at radius 1 is 1.47 bits per heavy atom. The molecule has 0 radical (unpaired) electrons. The predicted molar refractivity (Wildman–Crippen MR) is 55.5 cm³/mol. The number of allylic oxidation sites excluding steroid dienone is 1. The first-order chi connectivity index (χ1) is 7.09. The summed E-state index contributed by atoms with van der Waals surface area (Å²) in [6.07, 6.45) is 5.18. The van der Waals surface area contributed by atoms with E-state index in [1.54, 1.807) is 0 Å². The van der Waals surface area contributed by atoms with Crippen LogP contribution in [0, 0.1) is 0 Å². The lowest BCUT2D eigenvalue weighted by Gasteiger charge is -2.10. The largest absolute Gasteiger partial charge is 0.481 e. The average molecular weight is 212 g/mol. The molecule has 1 aliphatic heterocycles. The first-order valence-electron chi connectivity index (χ1n) is 5.03. The van der Waals surface area contributed by atoms with Gasteiger partial charge in [0.05, 0.1) is 6.04 Å². The van der Waals surface area contributed by atoms with Gasteiger partial charge in [-0.05, 0) is 19.8 Å². The highest BCUT2D eigenvalue weighted by molar-refractivity contribution is 5.77. The molecule has 0 aromatic carbocycles. The van der Waals surface area contributed by atoms with Gasteiger partial charge in [0.2, 0.25) is 0 Å². The van der Waals surface area contributed by atoms with Gasteiger partial charge in [0, 0.05) is 12.5 Å². The third-order valence-electron chi connectivity index (χ3n) is 2.36. The highest BCUT2D eigenvalue weighted by atomic mass is 16.4. The van der Waals surface area contributed by atoms with E-state index in [1.165, 1.54) is 0 Å². The Bertz CT molecular complexity index is 276. The number of rotatable bonds is 5. The van der Waals surface area contributed by atoms with Crippen LogP contribution in [-0.4, -0.2) is 29.2 Å². The number of hydrogen-bond acceptors (Lipinski definition) is 2. The summed E-state index contributed by atoms with van der Waals surface area (Å²) in [5, 5.41) is 13.9. The number of carbonyl (C=O) groups excluding carboxylic acids is 1. The number of amides is 2. The van der Waals surface area contributed by atoms with Crippen molar-refractivity contribution in [2.24, 2.45) is 0 Å². The van der Waals surface area contributed by atoms with Crippen LogP contribution in [0.3, 0.4) is 0 Å². The molecule has 0 bridgehead atoms. The molecule has 0 aliphatic carbocycles. The van der Waals surface area contributed by atoms with Gasteiger partial charge in [-0.2, -0.15) is 0 Å². The van der Waals surface area contributed by atoms with Crippen LogP contribution in [0.2, 0.25) is 0 Å². The van der Waals surface area contributed by atoms with E-state index >= 15 is 0 Å². The maximum atomic E-state index is 10.9. The lowest BCUT2D eigenvalue weighted by molar-refractivity contribution is -0.136. The van der Waals surface area contributed by atoms with E-state index in [4.69, 9.17) is 5.11 Å². The summed E-state index contributed by atoms with van der Waals surface area (Å²) in [6.45, 7) is 1.94. The summed E-state index contributed by atoms with van der Waals surface area (Å²) in [7, 11) is 0. The van der Waals surface area contributed by atoms with Crippen LogP contribution in [0.1, 0.15) is 26.2 Å². The fourth-order valence-electron chi connectivity index (χ4n) is 1.47. The number of aliphatic carboxylic acids is 1. The molecule has 0 aromatic heterocycles. The second kappa shape index (κ2) is 5.38. The Morgan fingerprint density at radius 2 is 2.20 bits per heavy atom. The second-order valence-corrected chi connectivity index (χ2v) is 3.65. The van der Waals surface area contributed by atoms with Gasteiger partial charge in [-0.25, -0.2) is 4.79 Å². The van der Waals surface area contributed by atoms with Gasteiger partial charge >= 0.3 is 12.0 Å². The van der Waals surface area contributed by atoms with E-state index in [1.807, 2.05) is 19.1 Å². The molecule has 0 unspecified atom stereocenters. The highest BCUT2D eigenvalue weighted by Gasteiger charge is 2.26. The molecule has 15 heavy (non-hydrogen) atoms. The van der Waals surface area contributed by atoms with Gasteiger partial charge in [0.15, 0.2) is 0 Å². The molecule has 1 aliphatic rings. The minimum atomic E-state index is -0.788. The van der Waals surface area contributed by atoms with E-state index in [2.05, 4.69) is 10.6 Å². The smallest absolute Gasteiger partial charge is 0.315 e. The fourth-order valence-corrected chi connectivity index (χ4v) is 1.47. The van der Waals surface area contributed by atoms with Gasteiger partial charge in [-0.1, -0.05) is 12.2 Å². The molecule has 5 nitrogen and oxygen atoms in total. The summed E-state index contributed by atoms with van der Waals surface area (Å²) < 4.78 is 0. The molecule has 1 fully saturated rings. The summed E-state index contributed by atoms with van der Waals surface area (Å²) in [5.41, 5.74) is 0. The third kappa shape index (κ3) is 4.01. The van der Waals surface area contributed by atoms with E-state index in [0.717, 1.165) is 6.42 Å². The average Bonchev–Trinajstić information content (AvgIpc) is 2.44. The van der Waals surface area contributed by atoms with Crippen LogP contribution < -0.4 is 10.6 Å². The number of hydrogen-bond donors (Lipinski definition) is 3. The van der Waals surface area contributed by atoms with Gasteiger partial charge < -0.3 is 15.7 Å². The summed E-state index contributed by atoms with van der Waals surface area (Å²) in [4.78, 5) is 21.1. The number of nitrogens with one attached hydrogen (secondary N) is 2. The molecule has 5 heteroatoms. The van der Waals surface area contributed by atoms with E-state index < -0.39 is 5.97 Å². The monoisotopic (exact) mass is 212 g/mol. The fraction of sp³-hybridized carbons (Fsp3) is 0.600. The van der Waals surface area contributed by atoms with Crippen molar-refractivity contribution >= 4 is 12.0 Å². The quantitative estimate of drug-likeness (QED) is 0.591. The SMILES string of the molecule is C[C@@H]1NC(=O)N[C@@H]1C/C=C/CCC(=O)O. The number of carbonyl (C=O) groups is 2. The van der Waals surface area contributed by atoms with Crippen LogP contribution in [0.4, 0.5) is 4.79 Å². The molecule has 1 saturated heterocycles. The predicted octanol–water partition coefficient (Wildman–Crippen LogP) is 0.867. The molecular weight excluding hydrogens is 196 g/mol. The van der Waals surface area contributed by atoms with Crippen molar-refractivity contribution < 1.29 is 14.7 Å². The Morgan fingerprint density at radius 3 is 2.73 bits per heavy atom. The zero-order valence-corrected chi connectivity index (χ0v) is 8.69. The van der Waals surface area contributed by atoms with Crippen molar-refractivity contribution in [1.29, 1.82) is 0 Å². The van der Waals surface area contributed by atoms with Gasteiger partial charge in [-0.3, -0.25) is 4.79 Å².